The van der Waals surface area contributed by atoms with Crippen molar-refractivity contribution in [3.05, 3.63) is 35.9 Å². The van der Waals surface area contributed by atoms with Crippen LogP contribution in [0.4, 0.5) is 0 Å². The van der Waals surface area contributed by atoms with Crippen molar-refractivity contribution in [2.75, 3.05) is 14.1 Å². The minimum absolute atomic E-state index is 0.0329. The second kappa shape index (κ2) is 3.35. The van der Waals surface area contributed by atoms with Gasteiger partial charge < -0.3 is 9.84 Å². The van der Waals surface area contributed by atoms with Crippen molar-refractivity contribution in [2.24, 2.45) is 0 Å². The lowest BCUT2D eigenvalue weighted by Gasteiger charge is -2.31. The fraction of sp³-hybridized carbons (Fsp3) is 0.273. The molecule has 1 aliphatic rings. The Morgan fingerprint density at radius 1 is 1.29 bits per heavy atom. The minimum Gasteiger partial charge on any atom is -0.872 e. The fourth-order valence-electron chi connectivity index (χ4n) is 1.41. The average Bonchev–Trinajstić information content (AvgIpc) is 2.17. The van der Waals surface area contributed by atoms with Crippen LogP contribution in [0.15, 0.2) is 30.3 Å². The third-order valence-corrected chi connectivity index (χ3v) is 2.20. The molecule has 1 atom stereocenters. The van der Waals surface area contributed by atoms with Gasteiger partial charge in [-0.1, -0.05) is 24.0 Å². The smallest absolute Gasteiger partial charge is 0.171 e. The Morgan fingerprint density at radius 2 is 2.00 bits per heavy atom. The molecule has 0 fully saturated rings. The molecule has 3 heteroatoms. The first-order valence-corrected chi connectivity index (χ1v) is 4.50. The zero-order valence-electron chi connectivity index (χ0n) is 8.23. The van der Waals surface area contributed by atoms with E-state index >= 15 is 0 Å². The SMILES string of the molecule is CN(C)C1C=C([O-])c2ccccc2O1. The lowest BCUT2D eigenvalue weighted by atomic mass is 10.1. The summed E-state index contributed by atoms with van der Waals surface area (Å²) in [7, 11) is 3.75. The molecule has 0 N–H and O–H groups in total. The lowest BCUT2D eigenvalue weighted by molar-refractivity contribution is -0.246. The predicted molar refractivity (Wildman–Crippen MR) is 52.5 cm³/mol. The summed E-state index contributed by atoms with van der Waals surface area (Å²) in [6, 6.07) is 7.30. The molecule has 3 nitrogen and oxygen atoms in total. The summed E-state index contributed by atoms with van der Waals surface area (Å²) in [6.45, 7) is 0. The van der Waals surface area contributed by atoms with E-state index in [0.717, 1.165) is 0 Å². The van der Waals surface area contributed by atoms with Crippen LogP contribution in [-0.4, -0.2) is 25.2 Å². The highest BCUT2D eigenvalue weighted by Crippen LogP contribution is 2.28. The van der Waals surface area contributed by atoms with Gasteiger partial charge in [-0.3, -0.25) is 4.90 Å². The molecule has 1 aliphatic heterocycles. The molecule has 2 rings (SSSR count). The molecule has 1 aromatic carbocycles. The first-order valence-electron chi connectivity index (χ1n) is 4.50. The largest absolute Gasteiger partial charge is 0.872 e. The van der Waals surface area contributed by atoms with Crippen LogP contribution in [0.1, 0.15) is 5.56 Å². The number of benzene rings is 1. The highest BCUT2D eigenvalue weighted by molar-refractivity contribution is 5.65. The molecule has 0 bridgehead atoms. The monoisotopic (exact) mass is 190 g/mol. The van der Waals surface area contributed by atoms with Gasteiger partial charge >= 0.3 is 0 Å². The van der Waals surface area contributed by atoms with E-state index in [1.807, 2.05) is 37.2 Å². The van der Waals surface area contributed by atoms with Crippen LogP contribution in [0.3, 0.4) is 0 Å². The van der Waals surface area contributed by atoms with Gasteiger partial charge in [0.05, 0.1) is 0 Å². The summed E-state index contributed by atoms with van der Waals surface area (Å²) in [6.07, 6.45) is 1.33. The van der Waals surface area contributed by atoms with Crippen LogP contribution in [0.2, 0.25) is 0 Å². The third-order valence-electron chi connectivity index (χ3n) is 2.20. The fourth-order valence-corrected chi connectivity index (χ4v) is 1.41. The van der Waals surface area contributed by atoms with Crippen molar-refractivity contribution < 1.29 is 9.84 Å². The normalized spacial score (nSPS) is 19.9. The van der Waals surface area contributed by atoms with E-state index in [9.17, 15) is 5.11 Å². The number of ether oxygens (including phenoxy) is 1. The molecule has 0 aliphatic carbocycles. The van der Waals surface area contributed by atoms with Gasteiger partial charge in [0.15, 0.2) is 6.23 Å². The summed E-state index contributed by atoms with van der Waals surface area (Å²) >= 11 is 0. The first kappa shape index (κ1) is 9.09. The second-order valence-corrected chi connectivity index (χ2v) is 3.50. The molecular weight excluding hydrogens is 178 g/mol. The van der Waals surface area contributed by atoms with E-state index in [1.54, 1.807) is 12.1 Å². The van der Waals surface area contributed by atoms with Crippen LogP contribution < -0.4 is 9.84 Å². The molecule has 0 spiro atoms. The Morgan fingerprint density at radius 3 is 2.71 bits per heavy atom. The molecule has 0 amide bonds. The van der Waals surface area contributed by atoms with Crippen molar-refractivity contribution >= 4 is 5.76 Å². The van der Waals surface area contributed by atoms with Crippen molar-refractivity contribution in [1.29, 1.82) is 0 Å². The first-order chi connectivity index (χ1) is 6.68. The Labute approximate surface area is 83.2 Å². The zero-order chi connectivity index (χ0) is 10.1. The van der Waals surface area contributed by atoms with Gasteiger partial charge in [0.2, 0.25) is 0 Å². The summed E-state index contributed by atoms with van der Waals surface area (Å²) < 4.78 is 5.61. The van der Waals surface area contributed by atoms with Gasteiger partial charge in [-0.05, 0) is 26.2 Å². The molecular formula is C11H12NO2-. The van der Waals surface area contributed by atoms with Crippen molar-refractivity contribution in [3.8, 4) is 5.75 Å². The van der Waals surface area contributed by atoms with Gasteiger partial charge in [0, 0.05) is 5.56 Å². The molecule has 14 heavy (non-hydrogen) atoms. The zero-order valence-corrected chi connectivity index (χ0v) is 8.23. The van der Waals surface area contributed by atoms with E-state index in [2.05, 4.69) is 0 Å². The molecule has 0 radical (unpaired) electrons. The lowest BCUT2D eigenvalue weighted by Crippen LogP contribution is -2.35. The van der Waals surface area contributed by atoms with E-state index in [4.69, 9.17) is 4.74 Å². The maximum absolute atomic E-state index is 11.6. The van der Waals surface area contributed by atoms with E-state index in [1.165, 1.54) is 0 Å². The van der Waals surface area contributed by atoms with Crippen LogP contribution >= 0.6 is 0 Å². The van der Waals surface area contributed by atoms with Crippen LogP contribution in [0.5, 0.6) is 5.75 Å². The maximum atomic E-state index is 11.6. The van der Waals surface area contributed by atoms with E-state index in [-0.39, 0.29) is 12.0 Å². The Hall–Kier alpha value is -1.48. The van der Waals surface area contributed by atoms with Gasteiger partial charge in [-0.2, -0.15) is 0 Å². The Bertz CT molecular complexity index is 371. The molecule has 0 saturated heterocycles. The third kappa shape index (κ3) is 1.46. The highest BCUT2D eigenvalue weighted by Gasteiger charge is 2.16. The number of hydrogen-bond acceptors (Lipinski definition) is 3. The molecule has 0 saturated carbocycles. The maximum Gasteiger partial charge on any atom is 0.171 e. The van der Waals surface area contributed by atoms with Crippen molar-refractivity contribution in [1.82, 2.24) is 4.90 Å². The number of nitrogens with zero attached hydrogens (tertiary/aromatic N) is 1. The average molecular weight is 190 g/mol. The number of rotatable bonds is 1. The molecule has 0 aromatic heterocycles. The summed E-state index contributed by atoms with van der Waals surface area (Å²) in [4.78, 5) is 1.86. The molecule has 74 valence electrons. The van der Waals surface area contributed by atoms with Gasteiger partial charge in [0.25, 0.3) is 0 Å². The summed E-state index contributed by atoms with van der Waals surface area (Å²) in [5, 5.41) is 11.6. The number of hydrogen-bond donors (Lipinski definition) is 0. The van der Waals surface area contributed by atoms with Crippen molar-refractivity contribution in [3.63, 3.8) is 0 Å². The van der Waals surface area contributed by atoms with Crippen molar-refractivity contribution in [2.45, 2.75) is 6.23 Å². The standard InChI is InChI=1S/C11H13NO2/c1-12(2)11-7-9(13)8-5-3-4-6-10(8)14-11/h3-7,11,13H,1-2H3/p-1. The second-order valence-electron chi connectivity index (χ2n) is 3.50. The Balaban J connectivity index is 2.39. The molecule has 1 heterocycles. The number of para-hydroxylation sites is 1. The Kier molecular flexibility index (Phi) is 2.17. The molecule has 1 aromatic rings. The van der Waals surface area contributed by atoms with E-state index in [0.29, 0.717) is 11.3 Å². The van der Waals surface area contributed by atoms with Gasteiger partial charge in [-0.15, -0.1) is 0 Å². The highest BCUT2D eigenvalue weighted by atomic mass is 16.5. The van der Waals surface area contributed by atoms with Gasteiger partial charge in [-0.25, -0.2) is 0 Å². The topological polar surface area (TPSA) is 35.5 Å². The van der Waals surface area contributed by atoms with E-state index < -0.39 is 0 Å². The van der Waals surface area contributed by atoms with Crippen LogP contribution in [0, 0.1) is 0 Å². The van der Waals surface area contributed by atoms with Crippen LogP contribution in [-0.2, 0) is 0 Å². The summed E-state index contributed by atoms with van der Waals surface area (Å²) in [5.41, 5.74) is 0.644. The van der Waals surface area contributed by atoms with Gasteiger partial charge in [0.1, 0.15) is 5.75 Å². The quantitative estimate of drug-likeness (QED) is 0.653. The minimum atomic E-state index is -0.252. The number of fused-ring (bicyclic) bond motifs is 1. The molecule has 1 unspecified atom stereocenters. The number of likely N-dealkylation sites (N-methyl/N-ethyl adjacent to an activating group) is 1. The van der Waals surface area contributed by atoms with Crippen LogP contribution in [0.25, 0.3) is 5.76 Å². The predicted octanol–water partition coefficient (Wildman–Crippen LogP) is 0.668. The summed E-state index contributed by atoms with van der Waals surface area (Å²) in [5.74, 6) is 0.698.